The smallest absolute Gasteiger partial charge is 0.387 e. The molecule has 0 amide bonds. The molecule has 0 aliphatic heterocycles. The summed E-state index contributed by atoms with van der Waals surface area (Å²) in [7, 11) is 0. The molecule has 0 bridgehead atoms. The number of benzene rings is 1. The Balaban J connectivity index is 2.94. The number of hydrogen-bond acceptors (Lipinski definition) is 3. The highest BCUT2D eigenvalue weighted by Gasteiger charge is 2.07. The Hall–Kier alpha value is -2.09. The minimum Gasteiger partial charge on any atom is -0.435 e. The van der Waals surface area contributed by atoms with E-state index in [1.807, 2.05) is 6.92 Å². The van der Waals surface area contributed by atoms with E-state index in [0.717, 1.165) is 6.42 Å². The van der Waals surface area contributed by atoms with E-state index in [1.54, 1.807) is 12.1 Å². The predicted octanol–water partition coefficient (Wildman–Crippen LogP) is 3.28. The second-order valence-electron chi connectivity index (χ2n) is 3.66. The van der Waals surface area contributed by atoms with E-state index in [-0.39, 0.29) is 5.75 Å². The molecule has 1 rings (SSSR count). The number of nitrogens with zero attached hydrogens (tertiary/aromatic N) is 1. The maximum atomic E-state index is 12.0. The number of halogens is 2. The summed E-state index contributed by atoms with van der Waals surface area (Å²) in [6, 6.07) is 7.96. The zero-order valence-electron chi connectivity index (χ0n) is 9.99. The molecule has 3 nitrogen and oxygen atoms in total. The van der Waals surface area contributed by atoms with E-state index in [0.29, 0.717) is 23.3 Å². The Morgan fingerprint density at radius 1 is 1.39 bits per heavy atom. The van der Waals surface area contributed by atoms with E-state index in [9.17, 15) is 8.78 Å². The summed E-state index contributed by atoms with van der Waals surface area (Å²) in [4.78, 5) is 0. The molecular formula is C13H14F2N2O. The van der Waals surface area contributed by atoms with Crippen molar-refractivity contribution in [2.75, 3.05) is 0 Å². The average molecular weight is 252 g/mol. The van der Waals surface area contributed by atoms with Gasteiger partial charge in [0.1, 0.15) is 5.75 Å². The van der Waals surface area contributed by atoms with Gasteiger partial charge in [-0.15, -0.1) is 0 Å². The summed E-state index contributed by atoms with van der Waals surface area (Å²) in [5.74, 6) is 0.0653. The van der Waals surface area contributed by atoms with Crippen molar-refractivity contribution in [3.05, 3.63) is 35.4 Å². The summed E-state index contributed by atoms with van der Waals surface area (Å²) in [6.07, 6.45) is 1.41. The summed E-state index contributed by atoms with van der Waals surface area (Å²) < 4.78 is 28.2. The first-order valence-electron chi connectivity index (χ1n) is 5.52. The largest absolute Gasteiger partial charge is 0.435 e. The Labute approximate surface area is 104 Å². The number of nitriles is 1. The zero-order chi connectivity index (χ0) is 13.5. The Kier molecular flexibility index (Phi) is 5.12. The van der Waals surface area contributed by atoms with Gasteiger partial charge in [0.05, 0.1) is 17.3 Å². The van der Waals surface area contributed by atoms with Gasteiger partial charge in [0, 0.05) is 0 Å². The first-order chi connectivity index (χ1) is 8.58. The molecule has 0 atom stereocenters. The highest BCUT2D eigenvalue weighted by molar-refractivity contribution is 5.69. The predicted molar refractivity (Wildman–Crippen MR) is 64.7 cm³/mol. The Bertz CT molecular complexity index is 461. The van der Waals surface area contributed by atoms with Crippen molar-refractivity contribution >= 4 is 5.70 Å². The topological polar surface area (TPSA) is 59.0 Å². The summed E-state index contributed by atoms with van der Waals surface area (Å²) in [5.41, 5.74) is 7.36. The fourth-order valence-electron chi connectivity index (χ4n) is 1.49. The zero-order valence-corrected chi connectivity index (χ0v) is 9.99. The van der Waals surface area contributed by atoms with Crippen molar-refractivity contribution in [1.29, 1.82) is 5.26 Å². The maximum Gasteiger partial charge on any atom is 0.387 e. The van der Waals surface area contributed by atoms with Crippen molar-refractivity contribution in [3.8, 4) is 11.8 Å². The van der Waals surface area contributed by atoms with Crippen molar-refractivity contribution < 1.29 is 13.5 Å². The third kappa shape index (κ3) is 3.74. The number of ether oxygens (including phenoxy) is 1. The van der Waals surface area contributed by atoms with Crippen LogP contribution in [0.3, 0.4) is 0 Å². The van der Waals surface area contributed by atoms with Crippen LogP contribution in [0.25, 0.3) is 5.70 Å². The van der Waals surface area contributed by atoms with Crippen LogP contribution in [0.4, 0.5) is 8.78 Å². The minimum atomic E-state index is -2.85. The van der Waals surface area contributed by atoms with Crippen LogP contribution in [0.2, 0.25) is 0 Å². The van der Waals surface area contributed by atoms with Gasteiger partial charge in [0.15, 0.2) is 0 Å². The lowest BCUT2D eigenvalue weighted by Gasteiger charge is -2.07. The average Bonchev–Trinajstić information content (AvgIpc) is 2.35. The van der Waals surface area contributed by atoms with Gasteiger partial charge in [-0.3, -0.25) is 0 Å². The van der Waals surface area contributed by atoms with Crippen LogP contribution < -0.4 is 10.5 Å². The van der Waals surface area contributed by atoms with Crippen LogP contribution in [0.15, 0.2) is 29.8 Å². The summed E-state index contributed by atoms with van der Waals surface area (Å²) in [5, 5.41) is 8.95. The SMILES string of the molecule is CCC/C(C#N)=C(/N)c1ccc(OC(F)F)cc1. The normalized spacial score (nSPS) is 11.9. The molecule has 0 spiro atoms. The molecule has 5 heteroatoms. The first kappa shape index (κ1) is 14.0. The van der Waals surface area contributed by atoms with E-state index >= 15 is 0 Å². The maximum absolute atomic E-state index is 12.0. The second kappa shape index (κ2) is 6.60. The molecule has 0 heterocycles. The van der Waals surface area contributed by atoms with Crippen LogP contribution in [-0.4, -0.2) is 6.61 Å². The number of allylic oxidation sites excluding steroid dienone is 1. The molecule has 0 unspecified atom stereocenters. The molecule has 0 aliphatic carbocycles. The van der Waals surface area contributed by atoms with Gasteiger partial charge in [-0.1, -0.05) is 13.3 Å². The van der Waals surface area contributed by atoms with Crippen molar-refractivity contribution in [1.82, 2.24) is 0 Å². The van der Waals surface area contributed by atoms with E-state index in [2.05, 4.69) is 10.8 Å². The molecule has 0 aromatic heterocycles. The molecule has 0 fully saturated rings. The van der Waals surface area contributed by atoms with Gasteiger partial charge in [0.25, 0.3) is 0 Å². The highest BCUT2D eigenvalue weighted by Crippen LogP contribution is 2.21. The molecular weight excluding hydrogens is 238 g/mol. The molecule has 0 saturated heterocycles. The molecule has 96 valence electrons. The van der Waals surface area contributed by atoms with Crippen LogP contribution in [0.5, 0.6) is 5.75 Å². The number of nitrogens with two attached hydrogens (primary N) is 1. The van der Waals surface area contributed by atoms with Gasteiger partial charge in [-0.25, -0.2) is 0 Å². The standard InChI is InChI=1S/C13H14F2N2O/c1-2-3-10(8-16)12(17)9-4-6-11(7-5-9)18-13(14)15/h4-7,13H,2-3,17H2,1H3/b12-10-. The molecule has 2 N–H and O–H groups in total. The van der Waals surface area contributed by atoms with Gasteiger partial charge in [0.2, 0.25) is 0 Å². The van der Waals surface area contributed by atoms with Crippen molar-refractivity contribution in [2.45, 2.75) is 26.4 Å². The first-order valence-corrected chi connectivity index (χ1v) is 5.52. The summed E-state index contributed by atoms with van der Waals surface area (Å²) in [6.45, 7) is -0.900. The third-order valence-corrected chi connectivity index (χ3v) is 2.35. The number of alkyl halides is 2. The fourth-order valence-corrected chi connectivity index (χ4v) is 1.49. The molecule has 1 aromatic rings. The van der Waals surface area contributed by atoms with Crippen LogP contribution in [-0.2, 0) is 0 Å². The lowest BCUT2D eigenvalue weighted by atomic mass is 10.0. The minimum absolute atomic E-state index is 0.0653. The van der Waals surface area contributed by atoms with E-state index < -0.39 is 6.61 Å². The summed E-state index contributed by atoms with van der Waals surface area (Å²) >= 11 is 0. The van der Waals surface area contributed by atoms with Crippen LogP contribution in [0.1, 0.15) is 25.3 Å². The Morgan fingerprint density at radius 3 is 2.44 bits per heavy atom. The lowest BCUT2D eigenvalue weighted by molar-refractivity contribution is -0.0498. The number of rotatable bonds is 5. The number of hydrogen-bond donors (Lipinski definition) is 1. The van der Waals surface area contributed by atoms with Gasteiger partial charge in [-0.2, -0.15) is 14.0 Å². The van der Waals surface area contributed by atoms with Gasteiger partial charge < -0.3 is 10.5 Å². The lowest BCUT2D eigenvalue weighted by Crippen LogP contribution is -2.03. The second-order valence-corrected chi connectivity index (χ2v) is 3.66. The van der Waals surface area contributed by atoms with Crippen molar-refractivity contribution in [2.24, 2.45) is 5.73 Å². The van der Waals surface area contributed by atoms with Crippen molar-refractivity contribution in [3.63, 3.8) is 0 Å². The van der Waals surface area contributed by atoms with Crippen LogP contribution in [0, 0.1) is 11.3 Å². The highest BCUT2D eigenvalue weighted by atomic mass is 19.3. The van der Waals surface area contributed by atoms with Gasteiger partial charge >= 0.3 is 6.61 Å². The Morgan fingerprint density at radius 2 is 2.00 bits per heavy atom. The molecule has 0 saturated carbocycles. The van der Waals surface area contributed by atoms with E-state index in [4.69, 9.17) is 11.0 Å². The monoisotopic (exact) mass is 252 g/mol. The van der Waals surface area contributed by atoms with E-state index in [1.165, 1.54) is 12.1 Å². The molecule has 18 heavy (non-hydrogen) atoms. The molecule has 0 radical (unpaired) electrons. The fraction of sp³-hybridized carbons (Fsp3) is 0.308. The third-order valence-electron chi connectivity index (χ3n) is 2.35. The molecule has 0 aliphatic rings. The molecule has 1 aromatic carbocycles. The quantitative estimate of drug-likeness (QED) is 0.818. The van der Waals surface area contributed by atoms with Gasteiger partial charge in [-0.05, 0) is 36.2 Å². The van der Waals surface area contributed by atoms with Crippen LogP contribution >= 0.6 is 0 Å².